The van der Waals surface area contributed by atoms with E-state index < -0.39 is 23.5 Å². The van der Waals surface area contributed by atoms with Crippen molar-refractivity contribution in [3.05, 3.63) is 65.9 Å². The number of alkyl halides is 3. The lowest BCUT2D eigenvalue weighted by molar-refractivity contribution is -0.137. The van der Waals surface area contributed by atoms with Crippen molar-refractivity contribution < 1.29 is 27.1 Å². The van der Waals surface area contributed by atoms with Crippen LogP contribution >= 0.6 is 0 Å². The van der Waals surface area contributed by atoms with E-state index in [1.54, 1.807) is 0 Å². The van der Waals surface area contributed by atoms with E-state index in [2.05, 4.69) is 41.3 Å². The van der Waals surface area contributed by atoms with Crippen molar-refractivity contribution in [3.63, 3.8) is 0 Å². The fourth-order valence-corrected chi connectivity index (χ4v) is 3.60. The van der Waals surface area contributed by atoms with Gasteiger partial charge in [0.15, 0.2) is 11.6 Å². The summed E-state index contributed by atoms with van der Waals surface area (Å²) in [4.78, 5) is 26.5. The molecule has 1 aliphatic rings. The van der Waals surface area contributed by atoms with Crippen LogP contribution in [-0.2, 0) is 10.9 Å². The third-order valence-corrected chi connectivity index (χ3v) is 5.55. The van der Waals surface area contributed by atoms with Gasteiger partial charge >= 0.3 is 6.18 Å². The van der Waals surface area contributed by atoms with Crippen LogP contribution in [0.1, 0.15) is 22.5 Å². The van der Waals surface area contributed by atoms with Crippen LogP contribution in [0.25, 0.3) is 0 Å². The van der Waals surface area contributed by atoms with Gasteiger partial charge in [-0.1, -0.05) is 6.07 Å². The summed E-state index contributed by atoms with van der Waals surface area (Å²) in [6.45, 7) is 4.53. The number of ether oxygens (including phenoxy) is 1. The Morgan fingerprint density at radius 2 is 1.87 bits per heavy atom. The van der Waals surface area contributed by atoms with Gasteiger partial charge in [-0.05, 0) is 43.3 Å². The van der Waals surface area contributed by atoms with Crippen LogP contribution in [0, 0.1) is 5.82 Å². The molecule has 0 saturated carbocycles. The number of pyridine rings is 1. The molecule has 0 bridgehead atoms. The predicted octanol–water partition coefficient (Wildman–Crippen LogP) is 3.66. The number of aromatic nitrogens is 3. The highest BCUT2D eigenvalue weighted by molar-refractivity contribution is 5.93. The van der Waals surface area contributed by atoms with Gasteiger partial charge in [-0.15, -0.1) is 0 Å². The minimum atomic E-state index is -4.46. The number of hydrazine groups is 1. The topological polar surface area (TPSA) is 116 Å². The van der Waals surface area contributed by atoms with Crippen molar-refractivity contribution in [2.24, 2.45) is 0 Å². The maximum atomic E-state index is 14.1. The second kappa shape index (κ2) is 12.5. The molecule has 2 aromatic heterocycles. The van der Waals surface area contributed by atoms with Gasteiger partial charge in [0.05, 0.1) is 36.9 Å². The number of nitrogens with one attached hydrogen (secondary N) is 4. The molecule has 4 rings (SSSR count). The molecule has 1 aromatic carbocycles. The van der Waals surface area contributed by atoms with E-state index in [9.17, 15) is 22.4 Å². The number of nitrogens with zero attached hydrogens (tertiary/aromatic N) is 4. The van der Waals surface area contributed by atoms with E-state index >= 15 is 0 Å². The number of hydrogen-bond acceptors (Lipinski definition) is 9. The largest absolute Gasteiger partial charge is 0.416 e. The summed E-state index contributed by atoms with van der Waals surface area (Å²) in [7, 11) is 0. The highest BCUT2D eigenvalue weighted by Crippen LogP contribution is 2.31. The maximum absolute atomic E-state index is 14.1. The summed E-state index contributed by atoms with van der Waals surface area (Å²) in [6, 6.07) is 7.60. The van der Waals surface area contributed by atoms with Crippen molar-refractivity contribution in [2.45, 2.75) is 12.6 Å². The smallest absolute Gasteiger partial charge is 0.379 e. The first-order valence-electron chi connectivity index (χ1n) is 11.8. The van der Waals surface area contributed by atoms with E-state index in [-0.39, 0.29) is 23.1 Å². The number of halogens is 4. The number of hydrogen-bond donors (Lipinski definition) is 4. The van der Waals surface area contributed by atoms with Gasteiger partial charge in [-0.3, -0.25) is 20.5 Å². The molecule has 0 radical (unpaired) electrons. The molecule has 1 amide bonds. The van der Waals surface area contributed by atoms with Gasteiger partial charge < -0.3 is 15.4 Å². The fourth-order valence-electron chi connectivity index (χ4n) is 3.60. The summed E-state index contributed by atoms with van der Waals surface area (Å²) >= 11 is 0. The summed E-state index contributed by atoms with van der Waals surface area (Å²) in [6.07, 6.45) is -1.38. The molecule has 14 heteroatoms. The number of benzene rings is 1. The molecule has 0 atom stereocenters. The van der Waals surface area contributed by atoms with Crippen LogP contribution in [-0.4, -0.2) is 65.2 Å². The predicted molar refractivity (Wildman–Crippen MR) is 132 cm³/mol. The number of carbonyl (C=O) groups is 1. The van der Waals surface area contributed by atoms with E-state index in [0.29, 0.717) is 25.4 Å². The number of morpholine rings is 1. The first-order chi connectivity index (χ1) is 18.3. The average Bonchev–Trinajstić information content (AvgIpc) is 2.92. The molecular weight excluding hydrogens is 508 g/mol. The molecule has 1 aliphatic heterocycles. The summed E-state index contributed by atoms with van der Waals surface area (Å²) in [5, 5.41) is 5.74. The Morgan fingerprint density at radius 3 is 2.61 bits per heavy atom. The molecule has 3 aromatic rings. The minimum absolute atomic E-state index is 0.00173. The normalized spacial score (nSPS) is 14.1. The van der Waals surface area contributed by atoms with Crippen molar-refractivity contribution in [2.75, 3.05) is 55.5 Å². The molecule has 3 heterocycles. The number of carbonyl (C=O) groups excluding carboxylic acids is 1. The highest BCUT2D eigenvalue weighted by Gasteiger charge is 2.30. The second-order valence-corrected chi connectivity index (χ2v) is 8.34. The quantitative estimate of drug-likeness (QED) is 0.176. The lowest BCUT2D eigenvalue weighted by atomic mass is 10.2. The maximum Gasteiger partial charge on any atom is 0.416 e. The molecule has 202 valence electrons. The van der Waals surface area contributed by atoms with Gasteiger partial charge in [-0.2, -0.15) is 18.2 Å². The molecule has 1 fully saturated rings. The molecule has 38 heavy (non-hydrogen) atoms. The minimum Gasteiger partial charge on any atom is -0.379 e. The van der Waals surface area contributed by atoms with E-state index in [0.717, 1.165) is 44.4 Å². The summed E-state index contributed by atoms with van der Waals surface area (Å²) in [5.41, 5.74) is 4.74. The first-order valence-corrected chi connectivity index (χ1v) is 11.8. The lowest BCUT2D eigenvalue weighted by Crippen LogP contribution is -2.37. The molecule has 0 aliphatic carbocycles. The zero-order valence-electron chi connectivity index (χ0n) is 20.2. The number of anilines is 4. The molecular formula is C24H26F4N8O2. The molecule has 1 saturated heterocycles. The number of amides is 1. The zero-order valence-corrected chi connectivity index (χ0v) is 20.2. The van der Waals surface area contributed by atoms with Crippen LogP contribution < -0.4 is 21.5 Å². The van der Waals surface area contributed by atoms with Crippen LogP contribution in [0.15, 0.2) is 48.8 Å². The van der Waals surface area contributed by atoms with E-state index in [1.807, 2.05) is 0 Å². The SMILES string of the molecule is O=C(NNc1ncc(F)c(NCCCN2CCOCC2)n1)c1ccc(Nc2cccc(C(F)(F)F)c2)cn1. The average molecular weight is 535 g/mol. The Morgan fingerprint density at radius 1 is 1.05 bits per heavy atom. The monoisotopic (exact) mass is 534 g/mol. The van der Waals surface area contributed by atoms with Gasteiger partial charge in [0, 0.05) is 25.3 Å². The van der Waals surface area contributed by atoms with Gasteiger partial charge in [0.1, 0.15) is 5.69 Å². The van der Waals surface area contributed by atoms with Gasteiger partial charge in [0.2, 0.25) is 5.95 Å². The molecule has 10 nitrogen and oxygen atoms in total. The lowest BCUT2D eigenvalue weighted by Gasteiger charge is -2.26. The highest BCUT2D eigenvalue weighted by atomic mass is 19.4. The van der Waals surface area contributed by atoms with Crippen molar-refractivity contribution in [1.82, 2.24) is 25.3 Å². The summed E-state index contributed by atoms with van der Waals surface area (Å²) in [5.74, 6) is -1.28. The third-order valence-electron chi connectivity index (χ3n) is 5.55. The number of rotatable bonds is 10. The van der Waals surface area contributed by atoms with Crippen LogP contribution in [0.5, 0.6) is 0 Å². The van der Waals surface area contributed by atoms with Crippen molar-refractivity contribution >= 4 is 29.0 Å². The van der Waals surface area contributed by atoms with Crippen molar-refractivity contribution in [1.29, 1.82) is 0 Å². The summed E-state index contributed by atoms with van der Waals surface area (Å²) < 4.78 is 58.1. The zero-order chi connectivity index (χ0) is 27.0. The van der Waals surface area contributed by atoms with Gasteiger partial charge in [0.25, 0.3) is 5.91 Å². The van der Waals surface area contributed by atoms with Crippen molar-refractivity contribution in [3.8, 4) is 0 Å². The third kappa shape index (κ3) is 7.73. The Bertz CT molecular complexity index is 1220. The van der Waals surface area contributed by atoms with Crippen LogP contribution in [0.4, 0.5) is 40.7 Å². The Balaban J connectivity index is 1.26. The van der Waals surface area contributed by atoms with E-state index in [1.165, 1.54) is 30.5 Å². The van der Waals surface area contributed by atoms with E-state index in [4.69, 9.17) is 4.74 Å². The Labute approximate surface area is 215 Å². The van der Waals surface area contributed by atoms with Crippen LogP contribution in [0.3, 0.4) is 0 Å². The fraction of sp³-hybridized carbons (Fsp3) is 0.333. The molecule has 0 unspecified atom stereocenters. The standard InChI is InChI=1S/C24H26F4N8O2/c25-19-15-31-23(33-21(19)29-7-2-8-36-9-11-38-12-10-36)35-34-22(37)20-6-5-18(14-30-20)32-17-4-1-3-16(13-17)24(26,27)28/h1,3-6,13-15,32H,2,7-12H2,(H,34,37)(H2,29,31,33,35). The molecule has 0 spiro atoms. The van der Waals surface area contributed by atoms with Crippen LogP contribution in [0.2, 0.25) is 0 Å². The van der Waals surface area contributed by atoms with Gasteiger partial charge in [-0.25, -0.2) is 14.4 Å². The Hall–Kier alpha value is -4.04. The Kier molecular flexibility index (Phi) is 8.86. The second-order valence-electron chi connectivity index (χ2n) is 8.34. The first kappa shape index (κ1) is 27.0. The molecule has 4 N–H and O–H groups in total.